The van der Waals surface area contributed by atoms with E-state index in [-0.39, 0.29) is 27.7 Å². The molecule has 4 aromatic rings. The number of benzene rings is 3. The number of hydrogen-bond acceptors (Lipinski definition) is 3. The minimum absolute atomic E-state index is 0.0303. The number of anilines is 2. The van der Waals surface area contributed by atoms with Gasteiger partial charge in [0.2, 0.25) is 5.76 Å². The lowest BCUT2D eigenvalue weighted by atomic mass is 10.1. The van der Waals surface area contributed by atoms with Crippen molar-refractivity contribution in [2.24, 2.45) is 0 Å². The number of fused-ring (bicyclic) bond motifs is 1. The number of hydrogen-bond donors (Lipinski definition) is 2. The van der Waals surface area contributed by atoms with Crippen molar-refractivity contribution in [2.75, 3.05) is 10.6 Å². The largest absolute Gasteiger partial charge is 0.449 e. The first kappa shape index (κ1) is 19.6. The van der Waals surface area contributed by atoms with Crippen LogP contribution < -0.4 is 10.6 Å². The van der Waals surface area contributed by atoms with E-state index in [2.05, 4.69) is 10.6 Å². The van der Waals surface area contributed by atoms with Gasteiger partial charge in [-0.05, 0) is 36.4 Å². The van der Waals surface area contributed by atoms with Gasteiger partial charge in [0.25, 0.3) is 11.8 Å². The van der Waals surface area contributed by atoms with Gasteiger partial charge in [-0.3, -0.25) is 9.59 Å². The first-order valence-corrected chi connectivity index (χ1v) is 9.15. The predicted octanol–water partition coefficient (Wildman–Crippen LogP) is 5.87. The van der Waals surface area contributed by atoms with Crippen LogP contribution in [0.4, 0.5) is 20.2 Å². The molecule has 8 heteroatoms. The second kappa shape index (κ2) is 7.96. The van der Waals surface area contributed by atoms with Crippen LogP contribution in [0.5, 0.6) is 0 Å². The minimum atomic E-state index is -1.11. The molecular weight excluding hydrogens is 414 g/mol. The third-order valence-corrected chi connectivity index (χ3v) is 4.67. The summed E-state index contributed by atoms with van der Waals surface area (Å²) >= 11 is 6.09. The van der Waals surface area contributed by atoms with Crippen molar-refractivity contribution in [3.8, 4) is 0 Å². The summed E-state index contributed by atoms with van der Waals surface area (Å²) in [5, 5.41) is 5.84. The van der Waals surface area contributed by atoms with Crippen molar-refractivity contribution in [1.82, 2.24) is 0 Å². The molecule has 3 aromatic carbocycles. The van der Waals surface area contributed by atoms with Gasteiger partial charge in [-0.25, -0.2) is 8.78 Å². The van der Waals surface area contributed by atoms with Gasteiger partial charge in [0.1, 0.15) is 11.3 Å². The van der Waals surface area contributed by atoms with E-state index in [1.54, 1.807) is 48.5 Å². The second-order valence-corrected chi connectivity index (χ2v) is 6.73. The summed E-state index contributed by atoms with van der Waals surface area (Å²) in [5.74, 6) is -3.61. The predicted molar refractivity (Wildman–Crippen MR) is 110 cm³/mol. The third kappa shape index (κ3) is 3.75. The van der Waals surface area contributed by atoms with Crippen molar-refractivity contribution in [3.63, 3.8) is 0 Å². The van der Waals surface area contributed by atoms with Crippen LogP contribution in [-0.2, 0) is 0 Å². The standard InChI is InChI=1S/C22H13ClF2N2O3/c23-15-7-3-1-5-13(15)21(28)27-19-14-6-2-4-8-18(14)30-20(19)22(29)26-12-9-10-16(24)17(25)11-12/h1-11H,(H,26,29)(H,27,28). The number of para-hydroxylation sites is 1. The lowest BCUT2D eigenvalue weighted by molar-refractivity contribution is 0.0999. The Morgan fingerprint density at radius 2 is 1.57 bits per heavy atom. The van der Waals surface area contributed by atoms with E-state index < -0.39 is 23.4 Å². The number of halogens is 3. The molecule has 2 N–H and O–H groups in total. The maximum atomic E-state index is 13.5. The van der Waals surface area contributed by atoms with Gasteiger partial charge in [-0.15, -0.1) is 0 Å². The second-order valence-electron chi connectivity index (χ2n) is 6.32. The molecule has 2 amide bonds. The van der Waals surface area contributed by atoms with Gasteiger partial charge < -0.3 is 15.1 Å². The van der Waals surface area contributed by atoms with Crippen molar-refractivity contribution in [3.05, 3.63) is 94.7 Å². The summed E-state index contributed by atoms with van der Waals surface area (Å²) in [7, 11) is 0. The van der Waals surface area contributed by atoms with Crippen LogP contribution >= 0.6 is 11.6 Å². The summed E-state index contributed by atoms with van der Waals surface area (Å²) in [5.41, 5.74) is 0.747. The molecular formula is C22H13ClF2N2O3. The molecule has 1 aromatic heterocycles. The zero-order chi connectivity index (χ0) is 21.3. The van der Waals surface area contributed by atoms with Crippen LogP contribution in [0.1, 0.15) is 20.9 Å². The Labute approximate surface area is 174 Å². The number of nitrogens with one attached hydrogen (secondary N) is 2. The van der Waals surface area contributed by atoms with Crippen LogP contribution in [0.25, 0.3) is 11.0 Å². The normalized spacial score (nSPS) is 10.8. The van der Waals surface area contributed by atoms with E-state index in [4.69, 9.17) is 16.0 Å². The van der Waals surface area contributed by atoms with Crippen LogP contribution in [0.2, 0.25) is 5.02 Å². The van der Waals surface area contributed by atoms with Gasteiger partial charge in [-0.1, -0.05) is 35.9 Å². The molecule has 0 fully saturated rings. The van der Waals surface area contributed by atoms with E-state index in [0.717, 1.165) is 12.1 Å². The SMILES string of the molecule is O=C(Nc1c(C(=O)Nc2ccc(F)c(F)c2)oc2ccccc12)c1ccccc1Cl. The lowest BCUT2D eigenvalue weighted by Crippen LogP contribution is -2.17. The molecule has 0 aliphatic carbocycles. The number of carbonyl (C=O) groups excluding carboxylic acids is 2. The van der Waals surface area contributed by atoms with Crippen LogP contribution in [0, 0.1) is 11.6 Å². The Morgan fingerprint density at radius 1 is 0.833 bits per heavy atom. The average Bonchev–Trinajstić information content (AvgIpc) is 3.09. The van der Waals surface area contributed by atoms with Gasteiger partial charge >= 0.3 is 0 Å². The summed E-state index contributed by atoms with van der Waals surface area (Å²) in [6.45, 7) is 0. The van der Waals surface area contributed by atoms with Crippen LogP contribution in [0.3, 0.4) is 0 Å². The maximum Gasteiger partial charge on any atom is 0.293 e. The highest BCUT2D eigenvalue weighted by Gasteiger charge is 2.23. The van der Waals surface area contributed by atoms with Crippen molar-refractivity contribution >= 4 is 45.8 Å². The molecule has 0 aliphatic rings. The van der Waals surface area contributed by atoms with Crippen LogP contribution in [-0.4, -0.2) is 11.8 Å². The molecule has 30 heavy (non-hydrogen) atoms. The Kier molecular flexibility index (Phi) is 5.20. The molecule has 150 valence electrons. The molecule has 0 bridgehead atoms. The summed E-state index contributed by atoms with van der Waals surface area (Å²) < 4.78 is 32.2. The fourth-order valence-corrected chi connectivity index (χ4v) is 3.14. The summed E-state index contributed by atoms with van der Waals surface area (Å²) in [6, 6.07) is 16.1. The number of carbonyl (C=O) groups is 2. The Bertz CT molecular complexity index is 1290. The molecule has 0 saturated carbocycles. The van der Waals surface area contributed by atoms with Crippen molar-refractivity contribution in [1.29, 1.82) is 0 Å². The lowest BCUT2D eigenvalue weighted by Gasteiger charge is -2.08. The highest BCUT2D eigenvalue weighted by atomic mass is 35.5. The highest BCUT2D eigenvalue weighted by molar-refractivity contribution is 6.34. The molecule has 0 atom stereocenters. The smallest absolute Gasteiger partial charge is 0.293 e. The molecule has 0 aliphatic heterocycles. The number of furan rings is 1. The fourth-order valence-electron chi connectivity index (χ4n) is 2.92. The molecule has 5 nitrogen and oxygen atoms in total. The first-order valence-electron chi connectivity index (χ1n) is 8.78. The van der Waals surface area contributed by atoms with Gasteiger partial charge in [0, 0.05) is 17.1 Å². The number of amides is 2. The molecule has 4 rings (SSSR count). The summed E-state index contributed by atoms with van der Waals surface area (Å²) in [6.07, 6.45) is 0. The first-order chi connectivity index (χ1) is 14.4. The van der Waals surface area contributed by atoms with E-state index in [1.807, 2.05) is 0 Å². The average molecular weight is 427 g/mol. The summed E-state index contributed by atoms with van der Waals surface area (Å²) in [4.78, 5) is 25.5. The van der Waals surface area contributed by atoms with E-state index in [9.17, 15) is 18.4 Å². The molecule has 1 heterocycles. The van der Waals surface area contributed by atoms with Gasteiger partial charge in [-0.2, -0.15) is 0 Å². The monoisotopic (exact) mass is 426 g/mol. The van der Waals surface area contributed by atoms with Crippen LogP contribution in [0.15, 0.2) is 71.1 Å². The van der Waals surface area contributed by atoms with Crippen molar-refractivity contribution in [2.45, 2.75) is 0 Å². The van der Waals surface area contributed by atoms with Gasteiger partial charge in [0.05, 0.1) is 10.6 Å². The van der Waals surface area contributed by atoms with E-state index in [1.165, 1.54) is 6.07 Å². The minimum Gasteiger partial charge on any atom is -0.449 e. The van der Waals surface area contributed by atoms with Gasteiger partial charge in [0.15, 0.2) is 11.6 Å². The molecule has 0 spiro atoms. The molecule has 0 unspecified atom stereocenters. The maximum absolute atomic E-state index is 13.5. The topological polar surface area (TPSA) is 71.3 Å². The quantitative estimate of drug-likeness (QED) is 0.428. The van der Waals surface area contributed by atoms with Crippen molar-refractivity contribution < 1.29 is 22.8 Å². The Hall–Kier alpha value is -3.71. The zero-order valence-electron chi connectivity index (χ0n) is 15.2. The highest BCUT2D eigenvalue weighted by Crippen LogP contribution is 2.32. The third-order valence-electron chi connectivity index (χ3n) is 4.34. The molecule has 0 saturated heterocycles. The fraction of sp³-hybridized carbons (Fsp3) is 0. The zero-order valence-corrected chi connectivity index (χ0v) is 16.0. The Balaban J connectivity index is 1.71. The molecule has 0 radical (unpaired) electrons. The van der Waals surface area contributed by atoms with E-state index >= 15 is 0 Å². The Morgan fingerprint density at radius 3 is 2.33 bits per heavy atom. The number of rotatable bonds is 4. The van der Waals surface area contributed by atoms with E-state index in [0.29, 0.717) is 11.0 Å².